The van der Waals surface area contributed by atoms with Gasteiger partial charge in [0.15, 0.2) is 16.7 Å². The average Bonchev–Trinajstić information content (AvgIpc) is 2.81. The van der Waals surface area contributed by atoms with Gasteiger partial charge in [-0.3, -0.25) is 0 Å². The summed E-state index contributed by atoms with van der Waals surface area (Å²) in [4.78, 5) is 12.4. The number of hydrogen-bond acceptors (Lipinski definition) is 6. The van der Waals surface area contributed by atoms with Crippen molar-refractivity contribution in [3.05, 3.63) is 94.0 Å². The van der Waals surface area contributed by atoms with Crippen LogP contribution in [-0.4, -0.2) is 24.0 Å². The van der Waals surface area contributed by atoms with E-state index in [1.54, 1.807) is 42.6 Å². The summed E-state index contributed by atoms with van der Waals surface area (Å²) in [6.45, 7) is 2.27. The minimum atomic E-state index is -0.465. The van der Waals surface area contributed by atoms with Gasteiger partial charge >= 0.3 is 5.97 Å². The lowest BCUT2D eigenvalue weighted by atomic mass is 10.2. The molecular formula is C24H22BrN3O3S. The molecule has 0 saturated carbocycles. The normalized spacial score (nSPS) is 11.5. The SMILES string of the molecule is CCOc1cc(C=NN=C(N)SCc2ccccc2)c(Br)cc1OC(=O)c1ccccc1. The van der Waals surface area contributed by atoms with Crippen molar-refractivity contribution in [2.75, 3.05) is 6.61 Å². The van der Waals surface area contributed by atoms with Crippen LogP contribution in [0.3, 0.4) is 0 Å². The topological polar surface area (TPSA) is 86.3 Å². The third kappa shape index (κ3) is 6.96. The molecule has 0 radical (unpaired) electrons. The number of carbonyl (C=O) groups excluding carboxylic acids is 1. The lowest BCUT2D eigenvalue weighted by molar-refractivity contribution is 0.0728. The molecule has 6 nitrogen and oxygen atoms in total. The van der Waals surface area contributed by atoms with Crippen LogP contribution in [0, 0.1) is 0 Å². The van der Waals surface area contributed by atoms with Crippen molar-refractivity contribution in [3.63, 3.8) is 0 Å². The smallest absolute Gasteiger partial charge is 0.343 e. The maximum Gasteiger partial charge on any atom is 0.343 e. The van der Waals surface area contributed by atoms with Crippen molar-refractivity contribution < 1.29 is 14.3 Å². The Labute approximate surface area is 199 Å². The van der Waals surface area contributed by atoms with E-state index in [2.05, 4.69) is 26.1 Å². The summed E-state index contributed by atoms with van der Waals surface area (Å²) in [7, 11) is 0. The molecule has 0 spiro atoms. The number of nitrogens with zero attached hydrogens (tertiary/aromatic N) is 2. The Kier molecular flexibility index (Phi) is 8.89. The molecule has 3 aromatic rings. The van der Waals surface area contributed by atoms with E-state index in [-0.39, 0.29) is 0 Å². The maximum absolute atomic E-state index is 12.4. The van der Waals surface area contributed by atoms with Crippen LogP contribution in [0.4, 0.5) is 0 Å². The molecule has 32 heavy (non-hydrogen) atoms. The molecule has 0 saturated heterocycles. The summed E-state index contributed by atoms with van der Waals surface area (Å²) >= 11 is 4.89. The fourth-order valence-electron chi connectivity index (χ4n) is 2.64. The van der Waals surface area contributed by atoms with Gasteiger partial charge in [0.1, 0.15) is 0 Å². The molecule has 0 bridgehead atoms. The molecule has 0 aliphatic carbocycles. The highest BCUT2D eigenvalue weighted by molar-refractivity contribution is 9.10. The van der Waals surface area contributed by atoms with Gasteiger partial charge < -0.3 is 15.2 Å². The third-order valence-corrected chi connectivity index (χ3v) is 5.70. The number of benzene rings is 3. The van der Waals surface area contributed by atoms with Crippen molar-refractivity contribution in [1.82, 2.24) is 0 Å². The number of hydrogen-bond donors (Lipinski definition) is 1. The summed E-state index contributed by atoms with van der Waals surface area (Å²) in [6, 6.07) is 22.2. The van der Waals surface area contributed by atoms with Crippen molar-refractivity contribution in [3.8, 4) is 11.5 Å². The minimum Gasteiger partial charge on any atom is -0.490 e. The average molecular weight is 512 g/mol. The Morgan fingerprint density at radius 2 is 1.75 bits per heavy atom. The molecule has 0 aromatic heterocycles. The van der Waals surface area contributed by atoms with Gasteiger partial charge in [-0.15, -0.1) is 5.10 Å². The summed E-state index contributed by atoms with van der Waals surface area (Å²) in [5.41, 5.74) is 8.26. The highest BCUT2D eigenvalue weighted by atomic mass is 79.9. The van der Waals surface area contributed by atoms with Crippen LogP contribution in [0.2, 0.25) is 0 Å². The Hall–Kier alpha value is -3.10. The quantitative estimate of drug-likeness (QED) is 0.139. The standard InChI is InChI=1S/C24H22BrN3O3S/c1-2-30-21-13-19(15-27-28-24(26)32-16-17-9-5-3-6-10-17)20(25)14-22(21)31-23(29)18-11-7-4-8-12-18/h3-15H,2,16H2,1H3,(H2,26,28). The highest BCUT2D eigenvalue weighted by Crippen LogP contribution is 2.34. The van der Waals surface area contributed by atoms with Crippen LogP contribution < -0.4 is 15.2 Å². The fourth-order valence-corrected chi connectivity index (χ4v) is 3.68. The first-order chi connectivity index (χ1) is 15.6. The lowest BCUT2D eigenvalue weighted by Gasteiger charge is -2.12. The van der Waals surface area contributed by atoms with E-state index in [4.69, 9.17) is 15.2 Å². The van der Waals surface area contributed by atoms with Gasteiger partial charge in [0.2, 0.25) is 0 Å². The van der Waals surface area contributed by atoms with Crippen molar-refractivity contribution >= 4 is 45.0 Å². The first kappa shape index (κ1) is 23.6. The Bertz CT molecular complexity index is 1110. The van der Waals surface area contributed by atoms with Gasteiger partial charge in [-0.1, -0.05) is 60.3 Å². The largest absolute Gasteiger partial charge is 0.490 e. The van der Waals surface area contributed by atoms with E-state index in [0.717, 1.165) is 5.56 Å². The molecule has 0 aliphatic rings. The van der Waals surface area contributed by atoms with Gasteiger partial charge in [0.05, 0.1) is 18.4 Å². The number of ether oxygens (including phenoxy) is 2. The fraction of sp³-hybridized carbons (Fsp3) is 0.125. The Balaban J connectivity index is 1.71. The van der Waals surface area contributed by atoms with E-state index in [1.807, 2.05) is 43.3 Å². The molecule has 164 valence electrons. The van der Waals surface area contributed by atoms with E-state index in [1.165, 1.54) is 11.8 Å². The van der Waals surface area contributed by atoms with E-state index in [9.17, 15) is 4.79 Å². The minimum absolute atomic E-state index is 0.311. The van der Waals surface area contributed by atoms with E-state index in [0.29, 0.717) is 44.6 Å². The predicted molar refractivity (Wildman–Crippen MR) is 134 cm³/mol. The Morgan fingerprint density at radius 1 is 1.06 bits per heavy atom. The molecule has 3 aromatic carbocycles. The number of carbonyl (C=O) groups is 1. The number of nitrogens with two attached hydrogens (primary N) is 1. The molecule has 2 N–H and O–H groups in total. The number of thioether (sulfide) groups is 1. The van der Waals surface area contributed by atoms with Crippen LogP contribution in [0.5, 0.6) is 11.5 Å². The zero-order chi connectivity index (χ0) is 22.8. The summed E-state index contributed by atoms with van der Waals surface area (Å²) < 4.78 is 11.9. The third-order valence-electron chi connectivity index (χ3n) is 4.16. The summed E-state index contributed by atoms with van der Waals surface area (Å²) in [6.07, 6.45) is 1.56. The summed E-state index contributed by atoms with van der Waals surface area (Å²) in [5, 5.41) is 8.48. The van der Waals surface area contributed by atoms with Gasteiger partial charge in [-0.25, -0.2) is 4.79 Å². The van der Waals surface area contributed by atoms with Crippen molar-refractivity contribution in [2.45, 2.75) is 12.7 Å². The zero-order valence-corrected chi connectivity index (χ0v) is 19.8. The second kappa shape index (κ2) is 12.1. The molecule has 0 heterocycles. The van der Waals surface area contributed by atoms with Crippen LogP contribution in [0.25, 0.3) is 0 Å². The van der Waals surface area contributed by atoms with E-state index < -0.39 is 5.97 Å². The van der Waals surface area contributed by atoms with Crippen LogP contribution in [0.15, 0.2) is 87.5 Å². The lowest BCUT2D eigenvalue weighted by Crippen LogP contribution is -2.10. The number of esters is 1. The van der Waals surface area contributed by atoms with Gasteiger partial charge in [-0.2, -0.15) is 5.10 Å². The molecule has 0 fully saturated rings. The summed E-state index contributed by atoms with van der Waals surface area (Å²) in [5.74, 6) is 0.987. The number of amidine groups is 1. The predicted octanol–water partition coefficient (Wildman–Crippen LogP) is 5.65. The molecule has 3 rings (SSSR count). The number of halogens is 1. The molecule has 0 unspecified atom stereocenters. The van der Waals surface area contributed by atoms with Crippen LogP contribution >= 0.6 is 27.7 Å². The van der Waals surface area contributed by atoms with Crippen LogP contribution in [0.1, 0.15) is 28.4 Å². The van der Waals surface area contributed by atoms with E-state index >= 15 is 0 Å². The maximum atomic E-state index is 12.4. The monoisotopic (exact) mass is 511 g/mol. The Morgan fingerprint density at radius 3 is 2.44 bits per heavy atom. The second-order valence-corrected chi connectivity index (χ2v) is 8.32. The highest BCUT2D eigenvalue weighted by Gasteiger charge is 2.15. The second-order valence-electron chi connectivity index (χ2n) is 6.47. The van der Waals surface area contributed by atoms with Crippen LogP contribution in [-0.2, 0) is 5.75 Å². The molecular weight excluding hydrogens is 490 g/mol. The molecule has 0 aliphatic heterocycles. The zero-order valence-electron chi connectivity index (χ0n) is 17.4. The molecule has 8 heteroatoms. The van der Waals surface area contributed by atoms with Crippen molar-refractivity contribution in [1.29, 1.82) is 0 Å². The van der Waals surface area contributed by atoms with Gasteiger partial charge in [0, 0.05) is 15.8 Å². The van der Waals surface area contributed by atoms with Crippen molar-refractivity contribution in [2.24, 2.45) is 15.9 Å². The first-order valence-corrected chi connectivity index (χ1v) is 11.6. The first-order valence-electron chi connectivity index (χ1n) is 9.83. The van der Waals surface area contributed by atoms with Gasteiger partial charge in [-0.05, 0) is 52.7 Å². The van der Waals surface area contributed by atoms with Gasteiger partial charge in [0.25, 0.3) is 0 Å². The molecule has 0 amide bonds. The molecule has 0 atom stereocenters. The number of rotatable bonds is 8.